The van der Waals surface area contributed by atoms with E-state index in [0.29, 0.717) is 5.92 Å². The van der Waals surface area contributed by atoms with E-state index in [1.807, 2.05) is 0 Å². The van der Waals surface area contributed by atoms with Crippen molar-refractivity contribution < 1.29 is 9.53 Å². The maximum absolute atomic E-state index is 11.8. The molecule has 4 aliphatic carbocycles. The Balaban J connectivity index is 1.66. The van der Waals surface area contributed by atoms with Gasteiger partial charge in [-0.15, -0.1) is 0 Å². The van der Waals surface area contributed by atoms with Crippen molar-refractivity contribution in [2.45, 2.75) is 19.3 Å². The smallest absolute Gasteiger partial charge is 0.308 e. The van der Waals surface area contributed by atoms with Gasteiger partial charge in [0.15, 0.2) is 0 Å². The highest BCUT2D eigenvalue weighted by Crippen LogP contribution is 2.66. The second kappa shape index (κ2) is 2.91. The van der Waals surface area contributed by atoms with Crippen LogP contribution in [0.25, 0.3) is 0 Å². The average Bonchev–Trinajstić information content (AvgIpc) is 3.03. The van der Waals surface area contributed by atoms with Crippen LogP contribution in [0.3, 0.4) is 0 Å². The van der Waals surface area contributed by atoms with Crippen LogP contribution >= 0.6 is 0 Å². The monoisotopic (exact) mass is 218 g/mol. The van der Waals surface area contributed by atoms with Crippen LogP contribution < -0.4 is 0 Å². The Morgan fingerprint density at radius 3 is 2.62 bits per heavy atom. The van der Waals surface area contributed by atoms with Gasteiger partial charge >= 0.3 is 5.97 Å². The summed E-state index contributed by atoms with van der Waals surface area (Å²) in [6.45, 7) is 0. The van der Waals surface area contributed by atoms with Crippen LogP contribution in [0.4, 0.5) is 0 Å². The Bertz CT molecular complexity index is 373. The van der Waals surface area contributed by atoms with Gasteiger partial charge in [-0.25, -0.2) is 0 Å². The lowest BCUT2D eigenvalue weighted by atomic mass is 9.69. The van der Waals surface area contributed by atoms with Gasteiger partial charge in [-0.2, -0.15) is 0 Å². The molecule has 2 nitrogen and oxygen atoms in total. The molecule has 4 aliphatic rings. The minimum absolute atomic E-state index is 0.0534. The van der Waals surface area contributed by atoms with Crippen molar-refractivity contribution in [2.24, 2.45) is 41.4 Å². The summed E-state index contributed by atoms with van der Waals surface area (Å²) < 4.78 is 4.96. The fraction of sp³-hybridized carbons (Fsp3) is 0.786. The van der Waals surface area contributed by atoms with Crippen molar-refractivity contribution in [1.29, 1.82) is 0 Å². The number of methoxy groups -OCH3 is 1. The normalized spacial score (nSPS) is 55.7. The molecule has 0 spiro atoms. The Labute approximate surface area is 96.0 Å². The number of allylic oxidation sites excluding steroid dienone is 2. The second-order valence-electron chi connectivity index (χ2n) is 6.13. The molecule has 0 aromatic carbocycles. The molecule has 0 heterocycles. The van der Waals surface area contributed by atoms with Crippen molar-refractivity contribution in [1.82, 2.24) is 0 Å². The topological polar surface area (TPSA) is 26.3 Å². The molecule has 0 radical (unpaired) electrons. The van der Waals surface area contributed by atoms with Crippen LogP contribution in [0.1, 0.15) is 19.3 Å². The zero-order chi connectivity index (χ0) is 10.9. The first-order chi connectivity index (χ1) is 7.79. The number of hydrogen-bond donors (Lipinski definition) is 0. The molecule has 0 aromatic heterocycles. The number of esters is 1. The first-order valence-corrected chi connectivity index (χ1v) is 6.55. The van der Waals surface area contributed by atoms with E-state index in [1.54, 1.807) is 0 Å². The largest absolute Gasteiger partial charge is 0.469 e. The van der Waals surface area contributed by atoms with Crippen LogP contribution in [0.2, 0.25) is 0 Å². The molecular weight excluding hydrogens is 200 g/mol. The summed E-state index contributed by atoms with van der Waals surface area (Å²) in [7, 11) is 1.53. The molecule has 2 heteroatoms. The summed E-state index contributed by atoms with van der Waals surface area (Å²) in [4.78, 5) is 11.8. The van der Waals surface area contributed by atoms with Crippen LogP contribution in [0.5, 0.6) is 0 Å². The summed E-state index contributed by atoms with van der Waals surface area (Å²) in [6, 6.07) is 0. The molecule has 7 atom stereocenters. The summed E-state index contributed by atoms with van der Waals surface area (Å²) in [5.74, 6) is 5.11. The van der Waals surface area contributed by atoms with Gasteiger partial charge in [-0.05, 0) is 54.8 Å². The molecule has 4 bridgehead atoms. The minimum atomic E-state index is 0.0534. The molecule has 0 amide bonds. The van der Waals surface area contributed by atoms with E-state index in [1.165, 1.54) is 20.0 Å². The van der Waals surface area contributed by atoms with E-state index in [0.717, 1.165) is 36.0 Å². The standard InChI is InChI=1S/C14H18O2/c1-16-14(15)11-6-9-5-10(11)13-8-3-2-7(4-8)12(9)13/h2-3,7-13H,4-6H2,1H3/t7-,8?,9-,10+,11?,12?,13?/m1/s1. The Morgan fingerprint density at radius 1 is 1.12 bits per heavy atom. The van der Waals surface area contributed by atoms with E-state index >= 15 is 0 Å². The van der Waals surface area contributed by atoms with E-state index in [2.05, 4.69) is 12.2 Å². The Hall–Kier alpha value is -0.790. The van der Waals surface area contributed by atoms with E-state index < -0.39 is 0 Å². The predicted molar refractivity (Wildman–Crippen MR) is 59.4 cm³/mol. The number of hydrogen-bond acceptors (Lipinski definition) is 2. The van der Waals surface area contributed by atoms with Crippen molar-refractivity contribution in [2.75, 3.05) is 7.11 Å². The van der Waals surface area contributed by atoms with Crippen LogP contribution in [0.15, 0.2) is 12.2 Å². The van der Waals surface area contributed by atoms with Gasteiger partial charge in [0.1, 0.15) is 0 Å². The maximum atomic E-state index is 11.8. The fourth-order valence-electron chi connectivity index (χ4n) is 5.44. The van der Waals surface area contributed by atoms with Gasteiger partial charge < -0.3 is 4.74 Å². The molecule has 0 saturated heterocycles. The highest BCUT2D eigenvalue weighted by atomic mass is 16.5. The summed E-state index contributed by atoms with van der Waals surface area (Å²) in [5, 5.41) is 0. The highest BCUT2D eigenvalue weighted by molar-refractivity contribution is 5.73. The average molecular weight is 218 g/mol. The summed E-state index contributed by atoms with van der Waals surface area (Å²) in [5.41, 5.74) is 0. The van der Waals surface area contributed by atoms with Crippen molar-refractivity contribution in [3.63, 3.8) is 0 Å². The van der Waals surface area contributed by atoms with E-state index in [4.69, 9.17) is 4.74 Å². The molecule has 0 aromatic rings. The minimum Gasteiger partial charge on any atom is -0.469 e. The van der Waals surface area contributed by atoms with E-state index in [-0.39, 0.29) is 11.9 Å². The van der Waals surface area contributed by atoms with Gasteiger partial charge in [0, 0.05) is 0 Å². The zero-order valence-electron chi connectivity index (χ0n) is 9.63. The SMILES string of the molecule is COC(=O)C1C[C@H]2C[C@@H]1C1C3C=C[C@H](C3)C12. The van der Waals surface area contributed by atoms with Crippen molar-refractivity contribution >= 4 is 5.97 Å². The predicted octanol–water partition coefficient (Wildman–Crippen LogP) is 2.25. The maximum Gasteiger partial charge on any atom is 0.308 e. The zero-order valence-corrected chi connectivity index (χ0v) is 9.63. The lowest BCUT2D eigenvalue weighted by Gasteiger charge is -2.35. The van der Waals surface area contributed by atoms with Crippen LogP contribution in [-0.2, 0) is 9.53 Å². The summed E-state index contributed by atoms with van der Waals surface area (Å²) in [6.07, 6.45) is 8.64. The highest BCUT2D eigenvalue weighted by Gasteiger charge is 2.62. The Morgan fingerprint density at radius 2 is 1.88 bits per heavy atom. The molecule has 3 fully saturated rings. The first kappa shape index (κ1) is 9.26. The van der Waals surface area contributed by atoms with Crippen LogP contribution in [0, 0.1) is 41.4 Å². The molecule has 86 valence electrons. The third kappa shape index (κ3) is 0.922. The molecule has 0 aliphatic heterocycles. The molecule has 16 heavy (non-hydrogen) atoms. The number of rotatable bonds is 1. The van der Waals surface area contributed by atoms with Crippen molar-refractivity contribution in [3.8, 4) is 0 Å². The fourth-order valence-corrected chi connectivity index (χ4v) is 5.44. The third-order valence-electron chi connectivity index (χ3n) is 5.77. The van der Waals surface area contributed by atoms with Gasteiger partial charge in [0.2, 0.25) is 0 Å². The lowest BCUT2D eigenvalue weighted by Crippen LogP contribution is -2.34. The molecule has 4 rings (SSSR count). The number of carbonyl (C=O) groups is 1. The van der Waals surface area contributed by atoms with Gasteiger partial charge in [-0.1, -0.05) is 12.2 Å². The Kier molecular flexibility index (Phi) is 1.68. The van der Waals surface area contributed by atoms with Gasteiger partial charge in [0.25, 0.3) is 0 Å². The lowest BCUT2D eigenvalue weighted by molar-refractivity contribution is -0.148. The summed E-state index contributed by atoms with van der Waals surface area (Å²) >= 11 is 0. The molecule has 3 saturated carbocycles. The number of ether oxygens (including phenoxy) is 1. The number of carbonyl (C=O) groups excluding carboxylic acids is 1. The van der Waals surface area contributed by atoms with Crippen LogP contribution in [-0.4, -0.2) is 13.1 Å². The third-order valence-corrected chi connectivity index (χ3v) is 5.77. The van der Waals surface area contributed by atoms with Gasteiger partial charge in [-0.3, -0.25) is 4.79 Å². The molecule has 0 N–H and O–H groups in total. The van der Waals surface area contributed by atoms with Gasteiger partial charge in [0.05, 0.1) is 13.0 Å². The molecular formula is C14H18O2. The quantitative estimate of drug-likeness (QED) is 0.383. The first-order valence-electron chi connectivity index (χ1n) is 6.55. The number of fused-ring (bicyclic) bond motifs is 9. The molecule has 4 unspecified atom stereocenters. The second-order valence-corrected chi connectivity index (χ2v) is 6.13. The van der Waals surface area contributed by atoms with Crippen molar-refractivity contribution in [3.05, 3.63) is 12.2 Å². The van der Waals surface area contributed by atoms with E-state index in [9.17, 15) is 4.79 Å².